The third-order valence-corrected chi connectivity index (χ3v) is 4.72. The van der Waals surface area contributed by atoms with Gasteiger partial charge in [-0.05, 0) is 56.4 Å². The SMILES string of the molecule is CCOC(=O)c1[nH]c(C)c(C(=O)OCC(=O)c2cc(CC)ccc2CC)c1C. The molecule has 0 atom stereocenters. The molecule has 1 aromatic heterocycles. The van der Waals surface area contributed by atoms with Gasteiger partial charge in [0.2, 0.25) is 5.78 Å². The van der Waals surface area contributed by atoms with Crippen LogP contribution in [-0.4, -0.2) is 35.9 Å². The number of hydrogen-bond donors (Lipinski definition) is 1. The number of esters is 2. The monoisotopic (exact) mass is 385 g/mol. The molecule has 0 radical (unpaired) electrons. The topological polar surface area (TPSA) is 85.5 Å². The number of nitrogens with one attached hydrogen (secondary N) is 1. The van der Waals surface area contributed by atoms with Gasteiger partial charge in [0.1, 0.15) is 5.69 Å². The van der Waals surface area contributed by atoms with Crippen LogP contribution in [0.1, 0.15) is 74.4 Å². The first kappa shape index (κ1) is 21.4. The summed E-state index contributed by atoms with van der Waals surface area (Å²) in [5, 5.41) is 0. The maximum absolute atomic E-state index is 12.6. The maximum atomic E-state index is 12.6. The number of aryl methyl sites for hydroxylation is 3. The Morgan fingerprint density at radius 1 is 0.964 bits per heavy atom. The lowest BCUT2D eigenvalue weighted by Gasteiger charge is -2.10. The molecule has 6 nitrogen and oxygen atoms in total. The van der Waals surface area contributed by atoms with Crippen molar-refractivity contribution in [1.82, 2.24) is 4.98 Å². The average molecular weight is 385 g/mol. The molecule has 0 aliphatic heterocycles. The molecule has 2 rings (SSSR count). The van der Waals surface area contributed by atoms with Gasteiger partial charge in [-0.1, -0.05) is 26.0 Å². The van der Waals surface area contributed by atoms with E-state index in [-0.39, 0.29) is 30.3 Å². The highest BCUT2D eigenvalue weighted by molar-refractivity contribution is 6.02. The summed E-state index contributed by atoms with van der Waals surface area (Å²) in [5.41, 5.74) is 4.01. The van der Waals surface area contributed by atoms with Crippen molar-refractivity contribution in [3.63, 3.8) is 0 Å². The number of aromatic nitrogens is 1. The van der Waals surface area contributed by atoms with E-state index in [1.807, 2.05) is 32.0 Å². The van der Waals surface area contributed by atoms with E-state index >= 15 is 0 Å². The van der Waals surface area contributed by atoms with Crippen molar-refractivity contribution in [1.29, 1.82) is 0 Å². The van der Waals surface area contributed by atoms with E-state index in [2.05, 4.69) is 4.98 Å². The summed E-state index contributed by atoms with van der Waals surface area (Å²) < 4.78 is 10.3. The van der Waals surface area contributed by atoms with Crippen molar-refractivity contribution in [2.75, 3.05) is 13.2 Å². The summed E-state index contributed by atoms with van der Waals surface area (Å²) in [6.07, 6.45) is 1.54. The van der Waals surface area contributed by atoms with Crippen molar-refractivity contribution in [3.05, 3.63) is 57.4 Å². The van der Waals surface area contributed by atoms with Gasteiger partial charge in [-0.3, -0.25) is 4.79 Å². The molecule has 0 saturated heterocycles. The minimum atomic E-state index is -0.639. The highest BCUT2D eigenvalue weighted by Gasteiger charge is 2.24. The molecule has 2 aromatic rings. The third-order valence-electron chi connectivity index (χ3n) is 4.72. The molecule has 150 valence electrons. The molecule has 1 N–H and O–H groups in total. The Hall–Kier alpha value is -2.89. The third kappa shape index (κ3) is 4.50. The highest BCUT2D eigenvalue weighted by Crippen LogP contribution is 2.20. The second kappa shape index (κ2) is 9.35. The average Bonchev–Trinajstić information content (AvgIpc) is 2.99. The van der Waals surface area contributed by atoms with Crippen molar-refractivity contribution < 1.29 is 23.9 Å². The lowest BCUT2D eigenvalue weighted by Crippen LogP contribution is -2.17. The Morgan fingerprint density at radius 2 is 1.68 bits per heavy atom. The fraction of sp³-hybridized carbons (Fsp3) is 0.409. The molecular weight excluding hydrogens is 358 g/mol. The summed E-state index contributed by atoms with van der Waals surface area (Å²) >= 11 is 0. The molecule has 0 fully saturated rings. The van der Waals surface area contributed by atoms with Crippen LogP contribution in [0.25, 0.3) is 0 Å². The first-order valence-electron chi connectivity index (χ1n) is 9.52. The van der Waals surface area contributed by atoms with Gasteiger partial charge in [-0.15, -0.1) is 0 Å². The zero-order valence-corrected chi connectivity index (χ0v) is 17.1. The van der Waals surface area contributed by atoms with E-state index in [1.165, 1.54) is 0 Å². The Morgan fingerprint density at radius 3 is 2.29 bits per heavy atom. The van der Waals surface area contributed by atoms with E-state index in [0.717, 1.165) is 24.0 Å². The summed E-state index contributed by atoms with van der Waals surface area (Å²) in [7, 11) is 0. The van der Waals surface area contributed by atoms with E-state index in [0.29, 0.717) is 16.8 Å². The summed E-state index contributed by atoms with van der Waals surface area (Å²) in [6, 6.07) is 5.81. The zero-order valence-electron chi connectivity index (χ0n) is 17.1. The Labute approximate surface area is 165 Å². The van der Waals surface area contributed by atoms with Crippen molar-refractivity contribution >= 4 is 17.7 Å². The fourth-order valence-corrected chi connectivity index (χ4v) is 3.16. The lowest BCUT2D eigenvalue weighted by atomic mass is 9.98. The van der Waals surface area contributed by atoms with Crippen LogP contribution in [0.15, 0.2) is 18.2 Å². The van der Waals surface area contributed by atoms with Gasteiger partial charge in [-0.25, -0.2) is 9.59 Å². The van der Waals surface area contributed by atoms with Crippen molar-refractivity contribution in [2.45, 2.75) is 47.5 Å². The van der Waals surface area contributed by atoms with Gasteiger partial charge >= 0.3 is 11.9 Å². The summed E-state index contributed by atoms with van der Waals surface area (Å²) in [6.45, 7) is 8.92. The molecule has 0 saturated carbocycles. The number of H-pyrrole nitrogens is 1. The number of aromatic amines is 1. The number of Topliss-reactive ketones (excluding diaryl/α,β-unsaturated/α-hetero) is 1. The normalized spacial score (nSPS) is 10.6. The van der Waals surface area contributed by atoms with E-state index < -0.39 is 11.9 Å². The van der Waals surface area contributed by atoms with Gasteiger partial charge in [0.05, 0.1) is 12.2 Å². The molecule has 0 aliphatic rings. The minimum absolute atomic E-state index is 0.224. The number of carbonyl (C=O) groups is 3. The van der Waals surface area contributed by atoms with E-state index in [9.17, 15) is 14.4 Å². The van der Waals surface area contributed by atoms with Crippen LogP contribution in [-0.2, 0) is 22.3 Å². The molecule has 0 spiro atoms. The molecule has 0 bridgehead atoms. The van der Waals surface area contributed by atoms with Crippen LogP contribution < -0.4 is 0 Å². The number of ketones is 1. The van der Waals surface area contributed by atoms with Gasteiger partial charge in [0, 0.05) is 11.3 Å². The minimum Gasteiger partial charge on any atom is -0.461 e. The summed E-state index contributed by atoms with van der Waals surface area (Å²) in [4.78, 5) is 40.0. The number of benzene rings is 1. The van der Waals surface area contributed by atoms with Gasteiger partial charge < -0.3 is 14.5 Å². The first-order valence-corrected chi connectivity index (χ1v) is 9.52. The van der Waals surface area contributed by atoms with Crippen LogP contribution in [0.5, 0.6) is 0 Å². The standard InChI is InChI=1S/C22H27NO5/c1-6-15-9-10-16(7-2)17(11-15)18(24)12-28-21(25)19-13(4)20(23-14(19)5)22(26)27-8-3/h9-11,23H,6-8,12H2,1-5H3. The van der Waals surface area contributed by atoms with Crippen LogP contribution in [0.3, 0.4) is 0 Å². The van der Waals surface area contributed by atoms with Crippen LogP contribution in [0.2, 0.25) is 0 Å². The molecular formula is C22H27NO5. The number of rotatable bonds is 8. The smallest absolute Gasteiger partial charge is 0.355 e. The van der Waals surface area contributed by atoms with Gasteiger partial charge in [0.15, 0.2) is 6.61 Å². The molecule has 28 heavy (non-hydrogen) atoms. The molecule has 0 amide bonds. The number of carbonyl (C=O) groups excluding carboxylic acids is 3. The lowest BCUT2D eigenvalue weighted by molar-refractivity contribution is 0.0473. The summed E-state index contributed by atoms with van der Waals surface area (Å²) in [5.74, 6) is -1.40. The fourth-order valence-electron chi connectivity index (χ4n) is 3.16. The second-order valence-electron chi connectivity index (χ2n) is 6.54. The predicted molar refractivity (Wildman–Crippen MR) is 106 cm³/mol. The van der Waals surface area contributed by atoms with Crippen molar-refractivity contribution in [3.8, 4) is 0 Å². The van der Waals surface area contributed by atoms with Crippen LogP contribution >= 0.6 is 0 Å². The Bertz CT molecular complexity index is 895. The quantitative estimate of drug-likeness (QED) is 0.549. The van der Waals surface area contributed by atoms with Crippen LogP contribution in [0, 0.1) is 13.8 Å². The first-order chi connectivity index (χ1) is 13.3. The van der Waals surface area contributed by atoms with Gasteiger partial charge in [0.25, 0.3) is 0 Å². The van der Waals surface area contributed by atoms with Crippen molar-refractivity contribution in [2.24, 2.45) is 0 Å². The molecule has 1 heterocycles. The molecule has 0 unspecified atom stereocenters. The predicted octanol–water partition coefficient (Wildman–Crippen LogP) is 3.97. The van der Waals surface area contributed by atoms with E-state index in [4.69, 9.17) is 9.47 Å². The molecule has 1 aromatic carbocycles. The number of hydrogen-bond acceptors (Lipinski definition) is 5. The Balaban J connectivity index is 2.17. The highest BCUT2D eigenvalue weighted by atomic mass is 16.5. The maximum Gasteiger partial charge on any atom is 0.355 e. The van der Waals surface area contributed by atoms with Gasteiger partial charge in [-0.2, -0.15) is 0 Å². The Kier molecular flexibility index (Phi) is 7.15. The largest absolute Gasteiger partial charge is 0.461 e. The van der Waals surface area contributed by atoms with E-state index in [1.54, 1.807) is 20.8 Å². The molecule has 0 aliphatic carbocycles. The zero-order chi connectivity index (χ0) is 20.8. The van der Waals surface area contributed by atoms with Crippen LogP contribution in [0.4, 0.5) is 0 Å². The second-order valence-corrected chi connectivity index (χ2v) is 6.54. The number of ether oxygens (including phenoxy) is 2. The molecule has 6 heteroatoms.